The molecule has 0 aliphatic carbocycles. The second kappa shape index (κ2) is 5.86. The Morgan fingerprint density at radius 1 is 1.33 bits per heavy atom. The molecule has 110 valence electrons. The predicted molar refractivity (Wildman–Crippen MR) is 88.1 cm³/mol. The van der Waals surface area contributed by atoms with Crippen molar-refractivity contribution in [1.29, 1.82) is 0 Å². The number of hydrogen-bond donors (Lipinski definition) is 1. The van der Waals surface area contributed by atoms with Crippen LogP contribution in [-0.2, 0) is 12.8 Å². The largest absolute Gasteiger partial charge is 0.330 e. The number of aryl methyl sites for hydroxylation is 2. The van der Waals surface area contributed by atoms with Gasteiger partial charge in [-0.2, -0.15) is 0 Å². The van der Waals surface area contributed by atoms with E-state index in [1.165, 1.54) is 28.8 Å². The van der Waals surface area contributed by atoms with Gasteiger partial charge in [-0.1, -0.05) is 24.3 Å². The molecular weight excluding hydrogens is 258 g/mol. The Morgan fingerprint density at radius 3 is 2.90 bits per heavy atom. The summed E-state index contributed by atoms with van der Waals surface area (Å²) >= 11 is 0. The molecule has 0 spiro atoms. The van der Waals surface area contributed by atoms with Gasteiger partial charge in [-0.05, 0) is 62.4 Å². The van der Waals surface area contributed by atoms with Gasteiger partial charge in [-0.25, -0.2) is 4.98 Å². The van der Waals surface area contributed by atoms with E-state index in [1.807, 2.05) is 6.20 Å². The van der Waals surface area contributed by atoms with Gasteiger partial charge in [0.05, 0.1) is 0 Å². The van der Waals surface area contributed by atoms with Gasteiger partial charge >= 0.3 is 0 Å². The summed E-state index contributed by atoms with van der Waals surface area (Å²) in [6.45, 7) is 5.10. The Bertz CT molecular complexity index is 636. The van der Waals surface area contributed by atoms with Gasteiger partial charge in [0.15, 0.2) is 0 Å². The number of nitrogens with zero attached hydrogens (tertiary/aromatic N) is 2. The molecule has 1 aromatic heterocycles. The van der Waals surface area contributed by atoms with Gasteiger partial charge in [0.1, 0.15) is 5.82 Å². The van der Waals surface area contributed by atoms with E-state index in [9.17, 15) is 0 Å². The van der Waals surface area contributed by atoms with E-state index >= 15 is 0 Å². The second-order valence-electron chi connectivity index (χ2n) is 5.91. The monoisotopic (exact) mass is 281 g/mol. The van der Waals surface area contributed by atoms with Crippen LogP contribution in [0.2, 0.25) is 0 Å². The zero-order chi connectivity index (χ0) is 14.8. The Balaban J connectivity index is 2.03. The number of aromatic nitrogens is 1. The second-order valence-corrected chi connectivity index (χ2v) is 5.91. The molecular formula is C18H23N3. The molecule has 3 heteroatoms. The van der Waals surface area contributed by atoms with Crippen molar-refractivity contribution >= 4 is 11.5 Å². The van der Waals surface area contributed by atoms with E-state index < -0.39 is 0 Å². The normalized spacial score (nSPS) is 17.7. The average Bonchev–Trinajstić information content (AvgIpc) is 2.49. The molecule has 21 heavy (non-hydrogen) atoms. The Morgan fingerprint density at radius 2 is 2.14 bits per heavy atom. The SMILES string of the molecule is Cc1cc(CCN)cnc1N1c2ccccc2CCC1C. The van der Waals surface area contributed by atoms with Crippen molar-refractivity contribution in [3.8, 4) is 0 Å². The van der Waals surface area contributed by atoms with Crippen LogP contribution in [-0.4, -0.2) is 17.6 Å². The summed E-state index contributed by atoms with van der Waals surface area (Å²) in [6.07, 6.45) is 5.18. The lowest BCUT2D eigenvalue weighted by Gasteiger charge is -2.37. The highest BCUT2D eigenvalue weighted by Gasteiger charge is 2.25. The number of para-hydroxylation sites is 1. The van der Waals surface area contributed by atoms with E-state index in [0.717, 1.165) is 18.7 Å². The molecule has 1 aliphatic rings. The molecule has 1 atom stereocenters. The minimum atomic E-state index is 0.478. The first kappa shape index (κ1) is 14.1. The number of nitrogens with two attached hydrogens (primary N) is 1. The molecule has 0 saturated heterocycles. The molecule has 1 aromatic carbocycles. The van der Waals surface area contributed by atoms with Crippen molar-refractivity contribution in [1.82, 2.24) is 4.98 Å². The molecule has 0 radical (unpaired) electrons. The molecule has 1 aliphatic heterocycles. The average molecular weight is 281 g/mol. The summed E-state index contributed by atoms with van der Waals surface area (Å²) in [7, 11) is 0. The van der Waals surface area contributed by atoms with Crippen LogP contribution in [0.4, 0.5) is 11.5 Å². The van der Waals surface area contributed by atoms with Crippen LogP contribution in [0.25, 0.3) is 0 Å². The molecule has 0 fully saturated rings. The number of pyridine rings is 1. The van der Waals surface area contributed by atoms with Crippen LogP contribution < -0.4 is 10.6 Å². The van der Waals surface area contributed by atoms with E-state index in [0.29, 0.717) is 12.6 Å². The zero-order valence-corrected chi connectivity index (χ0v) is 12.8. The van der Waals surface area contributed by atoms with Gasteiger partial charge in [-0.3, -0.25) is 0 Å². The smallest absolute Gasteiger partial charge is 0.136 e. The van der Waals surface area contributed by atoms with Gasteiger partial charge in [-0.15, -0.1) is 0 Å². The summed E-state index contributed by atoms with van der Waals surface area (Å²) in [6, 6.07) is 11.4. The zero-order valence-electron chi connectivity index (χ0n) is 12.8. The fourth-order valence-electron chi connectivity index (χ4n) is 3.19. The lowest BCUT2D eigenvalue weighted by molar-refractivity contribution is 0.612. The van der Waals surface area contributed by atoms with Crippen LogP contribution >= 0.6 is 0 Å². The summed E-state index contributed by atoms with van der Waals surface area (Å²) < 4.78 is 0. The molecule has 3 rings (SSSR count). The Labute approximate surface area is 126 Å². The predicted octanol–water partition coefficient (Wildman–Crippen LogP) is 3.36. The quantitative estimate of drug-likeness (QED) is 0.938. The summed E-state index contributed by atoms with van der Waals surface area (Å²) in [5, 5.41) is 0. The lowest BCUT2D eigenvalue weighted by atomic mass is 9.96. The maximum atomic E-state index is 5.64. The van der Waals surface area contributed by atoms with Crippen LogP contribution in [0.15, 0.2) is 36.5 Å². The maximum Gasteiger partial charge on any atom is 0.136 e. The summed E-state index contributed by atoms with van der Waals surface area (Å²) in [5.41, 5.74) is 10.8. The Kier molecular flexibility index (Phi) is 3.93. The standard InChI is InChI=1S/C18H23N3/c1-13-11-15(9-10-19)12-20-18(13)21-14(2)7-8-16-5-3-4-6-17(16)21/h3-6,11-12,14H,7-10,19H2,1-2H3. The van der Waals surface area contributed by atoms with Crippen molar-refractivity contribution in [2.75, 3.05) is 11.4 Å². The first-order chi connectivity index (χ1) is 10.2. The lowest BCUT2D eigenvalue weighted by Crippen LogP contribution is -2.34. The van der Waals surface area contributed by atoms with Crippen molar-refractivity contribution in [2.45, 2.75) is 39.2 Å². The topological polar surface area (TPSA) is 42.1 Å². The van der Waals surface area contributed by atoms with E-state index in [1.54, 1.807) is 0 Å². The molecule has 1 unspecified atom stereocenters. The van der Waals surface area contributed by atoms with Gasteiger partial charge < -0.3 is 10.6 Å². The summed E-state index contributed by atoms with van der Waals surface area (Å²) in [4.78, 5) is 7.13. The highest BCUT2D eigenvalue weighted by Crippen LogP contribution is 2.37. The van der Waals surface area contributed by atoms with E-state index in [4.69, 9.17) is 10.7 Å². The first-order valence-electron chi connectivity index (χ1n) is 7.73. The third-order valence-corrected chi connectivity index (χ3v) is 4.29. The maximum absolute atomic E-state index is 5.64. The molecule has 2 N–H and O–H groups in total. The van der Waals surface area contributed by atoms with Crippen molar-refractivity contribution < 1.29 is 0 Å². The highest BCUT2D eigenvalue weighted by atomic mass is 15.2. The number of benzene rings is 1. The fourth-order valence-corrected chi connectivity index (χ4v) is 3.19. The van der Waals surface area contributed by atoms with Gasteiger partial charge in [0, 0.05) is 17.9 Å². The molecule has 3 nitrogen and oxygen atoms in total. The van der Waals surface area contributed by atoms with E-state index in [-0.39, 0.29) is 0 Å². The fraction of sp³-hybridized carbons (Fsp3) is 0.389. The van der Waals surface area contributed by atoms with Crippen molar-refractivity contribution in [3.05, 3.63) is 53.2 Å². The third-order valence-electron chi connectivity index (χ3n) is 4.29. The number of anilines is 2. The van der Waals surface area contributed by atoms with Crippen LogP contribution in [0.1, 0.15) is 30.0 Å². The number of hydrogen-bond acceptors (Lipinski definition) is 3. The van der Waals surface area contributed by atoms with Gasteiger partial charge in [0.2, 0.25) is 0 Å². The summed E-state index contributed by atoms with van der Waals surface area (Å²) in [5.74, 6) is 1.08. The van der Waals surface area contributed by atoms with Crippen LogP contribution in [0.3, 0.4) is 0 Å². The molecule has 2 heterocycles. The number of rotatable bonds is 3. The Hall–Kier alpha value is -1.87. The van der Waals surface area contributed by atoms with Crippen LogP contribution in [0.5, 0.6) is 0 Å². The molecule has 2 aromatic rings. The highest BCUT2D eigenvalue weighted by molar-refractivity contribution is 5.68. The van der Waals surface area contributed by atoms with Gasteiger partial charge in [0.25, 0.3) is 0 Å². The molecule has 0 bridgehead atoms. The minimum absolute atomic E-state index is 0.478. The third kappa shape index (κ3) is 2.66. The first-order valence-corrected chi connectivity index (χ1v) is 7.73. The van der Waals surface area contributed by atoms with Crippen LogP contribution in [0, 0.1) is 6.92 Å². The van der Waals surface area contributed by atoms with Crippen molar-refractivity contribution in [2.24, 2.45) is 5.73 Å². The number of fused-ring (bicyclic) bond motifs is 1. The van der Waals surface area contributed by atoms with E-state index in [2.05, 4.69) is 49.1 Å². The van der Waals surface area contributed by atoms with Crippen molar-refractivity contribution in [3.63, 3.8) is 0 Å². The minimum Gasteiger partial charge on any atom is -0.330 e. The molecule has 0 amide bonds. The molecule has 0 saturated carbocycles.